The highest BCUT2D eigenvalue weighted by molar-refractivity contribution is 6.39. The standard InChI is InChI=1S/C19H23N3O3/c1-21-11-6-10-16(21)17-9-3-4-12-22(17)19(24)18(23)20-14-7-5-8-15(13-14)25-2/h5-8,10-11,13,17H,3-4,9,12H2,1-2H3,(H,20,23)/t17-/m1/s1. The van der Waals surface area contributed by atoms with Gasteiger partial charge < -0.3 is 19.5 Å². The summed E-state index contributed by atoms with van der Waals surface area (Å²) < 4.78 is 7.15. The number of ether oxygens (including phenoxy) is 1. The van der Waals surface area contributed by atoms with E-state index in [1.54, 1.807) is 36.3 Å². The normalized spacial score (nSPS) is 17.2. The molecule has 0 bridgehead atoms. The first-order chi connectivity index (χ1) is 12.1. The number of aromatic nitrogens is 1. The van der Waals surface area contributed by atoms with Gasteiger partial charge in [-0.25, -0.2) is 0 Å². The minimum atomic E-state index is -0.616. The molecule has 2 aromatic rings. The molecule has 1 aliphatic heterocycles. The number of carbonyl (C=O) groups is 2. The van der Waals surface area contributed by atoms with Gasteiger partial charge in [-0.1, -0.05) is 6.07 Å². The van der Waals surface area contributed by atoms with Crippen molar-refractivity contribution >= 4 is 17.5 Å². The number of amides is 2. The van der Waals surface area contributed by atoms with Gasteiger partial charge in [0.1, 0.15) is 5.75 Å². The molecule has 1 saturated heterocycles. The van der Waals surface area contributed by atoms with E-state index in [0.29, 0.717) is 18.0 Å². The minimum Gasteiger partial charge on any atom is -0.497 e. The Morgan fingerprint density at radius 1 is 1.20 bits per heavy atom. The number of anilines is 1. The number of methoxy groups -OCH3 is 1. The number of piperidine rings is 1. The number of likely N-dealkylation sites (tertiary alicyclic amines) is 1. The topological polar surface area (TPSA) is 63.6 Å². The molecular weight excluding hydrogens is 318 g/mol. The molecule has 132 valence electrons. The van der Waals surface area contributed by atoms with Crippen molar-refractivity contribution < 1.29 is 14.3 Å². The Bertz CT molecular complexity index is 769. The summed E-state index contributed by atoms with van der Waals surface area (Å²) in [4.78, 5) is 26.9. The Kier molecular flexibility index (Phi) is 5.07. The van der Waals surface area contributed by atoms with Gasteiger partial charge in [0, 0.05) is 37.2 Å². The molecule has 6 heteroatoms. The molecule has 25 heavy (non-hydrogen) atoms. The lowest BCUT2D eigenvalue weighted by Gasteiger charge is -2.35. The molecule has 3 rings (SSSR count). The first-order valence-corrected chi connectivity index (χ1v) is 8.47. The number of aryl methyl sites for hydroxylation is 1. The number of carbonyl (C=O) groups excluding carboxylic acids is 2. The van der Waals surface area contributed by atoms with Gasteiger partial charge in [-0.05, 0) is 43.5 Å². The lowest BCUT2D eigenvalue weighted by Crippen LogP contribution is -2.44. The molecule has 0 saturated carbocycles. The SMILES string of the molecule is COc1cccc(NC(=O)C(=O)N2CCCC[C@@H]2c2cccn2C)c1. The molecule has 0 spiro atoms. The molecule has 2 heterocycles. The summed E-state index contributed by atoms with van der Waals surface area (Å²) in [5, 5.41) is 2.68. The van der Waals surface area contributed by atoms with Gasteiger partial charge in [0.15, 0.2) is 0 Å². The number of rotatable bonds is 3. The van der Waals surface area contributed by atoms with E-state index in [-0.39, 0.29) is 6.04 Å². The van der Waals surface area contributed by atoms with E-state index < -0.39 is 11.8 Å². The fraction of sp³-hybridized carbons (Fsp3) is 0.368. The molecule has 0 aliphatic carbocycles. The van der Waals surface area contributed by atoms with Gasteiger partial charge in [-0.2, -0.15) is 0 Å². The van der Waals surface area contributed by atoms with Gasteiger partial charge in [0.2, 0.25) is 0 Å². The summed E-state index contributed by atoms with van der Waals surface area (Å²) in [6.45, 7) is 0.597. The average molecular weight is 341 g/mol. The van der Waals surface area contributed by atoms with E-state index >= 15 is 0 Å². The van der Waals surface area contributed by atoms with Crippen molar-refractivity contribution in [3.8, 4) is 5.75 Å². The van der Waals surface area contributed by atoms with Crippen molar-refractivity contribution in [1.82, 2.24) is 9.47 Å². The molecule has 1 N–H and O–H groups in total. The predicted molar refractivity (Wildman–Crippen MR) is 95.3 cm³/mol. The predicted octanol–water partition coefficient (Wildman–Crippen LogP) is 2.73. The first-order valence-electron chi connectivity index (χ1n) is 8.47. The summed E-state index contributed by atoms with van der Waals surface area (Å²) >= 11 is 0. The van der Waals surface area contributed by atoms with Crippen molar-refractivity contribution in [1.29, 1.82) is 0 Å². The van der Waals surface area contributed by atoms with Crippen LogP contribution in [-0.2, 0) is 16.6 Å². The Morgan fingerprint density at radius 3 is 2.76 bits per heavy atom. The van der Waals surface area contributed by atoms with Crippen LogP contribution in [0.15, 0.2) is 42.6 Å². The quantitative estimate of drug-likeness (QED) is 0.873. The van der Waals surface area contributed by atoms with Crippen LogP contribution in [0.2, 0.25) is 0 Å². The van der Waals surface area contributed by atoms with Crippen LogP contribution in [0.3, 0.4) is 0 Å². The summed E-state index contributed by atoms with van der Waals surface area (Å²) in [6.07, 6.45) is 4.80. The second-order valence-electron chi connectivity index (χ2n) is 6.24. The maximum Gasteiger partial charge on any atom is 0.313 e. The van der Waals surface area contributed by atoms with Crippen molar-refractivity contribution in [2.24, 2.45) is 7.05 Å². The van der Waals surface area contributed by atoms with Crippen molar-refractivity contribution in [3.05, 3.63) is 48.3 Å². The highest BCUT2D eigenvalue weighted by atomic mass is 16.5. The van der Waals surface area contributed by atoms with E-state index in [1.807, 2.05) is 29.9 Å². The molecule has 1 aliphatic rings. The zero-order valence-corrected chi connectivity index (χ0v) is 14.6. The Hall–Kier alpha value is -2.76. The Balaban J connectivity index is 1.75. The van der Waals surface area contributed by atoms with Gasteiger partial charge >= 0.3 is 11.8 Å². The maximum absolute atomic E-state index is 12.7. The summed E-state index contributed by atoms with van der Waals surface area (Å²) in [5.41, 5.74) is 1.60. The first kappa shape index (κ1) is 17.1. The van der Waals surface area contributed by atoms with E-state index in [1.165, 1.54) is 0 Å². The summed E-state index contributed by atoms with van der Waals surface area (Å²) in [6, 6.07) is 10.9. The van der Waals surface area contributed by atoms with Crippen LogP contribution in [0.5, 0.6) is 5.75 Å². The van der Waals surface area contributed by atoms with Gasteiger partial charge in [0.05, 0.1) is 13.2 Å². The van der Waals surface area contributed by atoms with Crippen LogP contribution in [0.1, 0.15) is 31.0 Å². The van der Waals surface area contributed by atoms with Crippen molar-refractivity contribution in [3.63, 3.8) is 0 Å². The smallest absolute Gasteiger partial charge is 0.313 e. The number of hydrogen-bond acceptors (Lipinski definition) is 3. The van der Waals surface area contributed by atoms with E-state index in [9.17, 15) is 9.59 Å². The number of benzene rings is 1. The monoisotopic (exact) mass is 341 g/mol. The van der Waals surface area contributed by atoms with Crippen molar-refractivity contribution in [2.45, 2.75) is 25.3 Å². The number of nitrogens with one attached hydrogen (secondary N) is 1. The fourth-order valence-electron chi connectivity index (χ4n) is 3.32. The summed E-state index contributed by atoms with van der Waals surface area (Å²) in [5.74, 6) is -0.479. The number of hydrogen-bond donors (Lipinski definition) is 1. The minimum absolute atomic E-state index is 0.0580. The second kappa shape index (κ2) is 7.42. The lowest BCUT2D eigenvalue weighted by atomic mass is 9.99. The van der Waals surface area contributed by atoms with Crippen LogP contribution < -0.4 is 10.1 Å². The molecule has 6 nitrogen and oxygen atoms in total. The van der Waals surface area contributed by atoms with Gasteiger partial charge in [-0.15, -0.1) is 0 Å². The molecule has 2 amide bonds. The average Bonchev–Trinajstić information content (AvgIpc) is 3.07. The lowest BCUT2D eigenvalue weighted by molar-refractivity contribution is -0.146. The highest BCUT2D eigenvalue weighted by Crippen LogP contribution is 2.31. The largest absolute Gasteiger partial charge is 0.497 e. The summed E-state index contributed by atoms with van der Waals surface area (Å²) in [7, 11) is 3.52. The Morgan fingerprint density at radius 2 is 2.04 bits per heavy atom. The third kappa shape index (κ3) is 3.68. The zero-order chi connectivity index (χ0) is 17.8. The van der Waals surface area contributed by atoms with Crippen LogP contribution >= 0.6 is 0 Å². The third-order valence-electron chi connectivity index (χ3n) is 4.61. The van der Waals surface area contributed by atoms with Crippen LogP contribution in [0.25, 0.3) is 0 Å². The molecule has 1 aromatic heterocycles. The third-order valence-corrected chi connectivity index (χ3v) is 4.61. The molecule has 1 atom stereocenters. The van der Waals surface area contributed by atoms with Gasteiger partial charge in [-0.3, -0.25) is 9.59 Å². The Labute approximate surface area is 147 Å². The molecule has 1 aromatic carbocycles. The van der Waals surface area contributed by atoms with Crippen LogP contribution in [0, 0.1) is 0 Å². The van der Waals surface area contributed by atoms with E-state index in [4.69, 9.17) is 4.74 Å². The van der Waals surface area contributed by atoms with Crippen LogP contribution in [0.4, 0.5) is 5.69 Å². The second-order valence-corrected chi connectivity index (χ2v) is 6.24. The van der Waals surface area contributed by atoms with E-state index in [2.05, 4.69) is 5.32 Å². The zero-order valence-electron chi connectivity index (χ0n) is 14.6. The molecular formula is C19H23N3O3. The van der Waals surface area contributed by atoms with Gasteiger partial charge in [0.25, 0.3) is 0 Å². The number of nitrogens with zero attached hydrogens (tertiary/aromatic N) is 2. The highest BCUT2D eigenvalue weighted by Gasteiger charge is 2.32. The van der Waals surface area contributed by atoms with Crippen LogP contribution in [-0.4, -0.2) is 34.9 Å². The van der Waals surface area contributed by atoms with Crippen molar-refractivity contribution in [2.75, 3.05) is 19.0 Å². The molecule has 0 unspecified atom stereocenters. The molecule has 1 fully saturated rings. The fourth-order valence-corrected chi connectivity index (χ4v) is 3.32. The van der Waals surface area contributed by atoms with E-state index in [0.717, 1.165) is 25.0 Å². The maximum atomic E-state index is 12.7. The molecule has 0 radical (unpaired) electrons.